The SMILES string of the molecule is Nc1oncc1C(=O)OC1CCCCC1. The molecule has 5 heteroatoms. The Morgan fingerprint density at radius 2 is 2.20 bits per heavy atom. The summed E-state index contributed by atoms with van der Waals surface area (Å²) < 4.78 is 9.90. The summed E-state index contributed by atoms with van der Waals surface area (Å²) in [5, 5.41) is 3.44. The number of hydrogen-bond donors (Lipinski definition) is 1. The molecule has 2 rings (SSSR count). The second-order valence-electron chi connectivity index (χ2n) is 3.77. The van der Waals surface area contributed by atoms with Gasteiger partial charge in [-0.15, -0.1) is 0 Å². The van der Waals surface area contributed by atoms with Crippen molar-refractivity contribution in [2.75, 3.05) is 5.73 Å². The molecule has 0 aromatic carbocycles. The molecule has 5 nitrogen and oxygen atoms in total. The zero-order chi connectivity index (χ0) is 10.7. The zero-order valence-corrected chi connectivity index (χ0v) is 8.44. The summed E-state index contributed by atoms with van der Waals surface area (Å²) in [6.07, 6.45) is 6.67. The first-order chi connectivity index (χ1) is 7.27. The Bertz CT molecular complexity index is 342. The summed E-state index contributed by atoms with van der Waals surface area (Å²) in [5.74, 6) is -0.406. The van der Waals surface area contributed by atoms with Crippen molar-refractivity contribution in [1.82, 2.24) is 5.16 Å². The Hall–Kier alpha value is -1.52. The summed E-state index contributed by atoms with van der Waals surface area (Å²) in [5.41, 5.74) is 5.64. The lowest BCUT2D eigenvalue weighted by Gasteiger charge is -2.21. The largest absolute Gasteiger partial charge is 0.459 e. The van der Waals surface area contributed by atoms with E-state index in [1.54, 1.807) is 0 Å². The summed E-state index contributed by atoms with van der Waals surface area (Å²) in [6.45, 7) is 0. The van der Waals surface area contributed by atoms with Crippen LogP contribution in [0.15, 0.2) is 10.7 Å². The number of ether oxygens (including phenoxy) is 1. The zero-order valence-electron chi connectivity index (χ0n) is 8.44. The second kappa shape index (κ2) is 4.33. The van der Waals surface area contributed by atoms with Gasteiger partial charge in [0.05, 0.1) is 6.20 Å². The van der Waals surface area contributed by atoms with E-state index in [-0.39, 0.29) is 17.6 Å². The van der Waals surface area contributed by atoms with Crippen LogP contribution in [0.2, 0.25) is 0 Å². The first-order valence-corrected chi connectivity index (χ1v) is 5.18. The molecular weight excluding hydrogens is 196 g/mol. The number of nitrogens with zero attached hydrogens (tertiary/aromatic N) is 1. The van der Waals surface area contributed by atoms with Gasteiger partial charge in [0.1, 0.15) is 11.7 Å². The summed E-state index contributed by atoms with van der Waals surface area (Å²) in [4.78, 5) is 11.6. The number of rotatable bonds is 2. The highest BCUT2D eigenvalue weighted by molar-refractivity contribution is 5.93. The third-order valence-electron chi connectivity index (χ3n) is 2.64. The summed E-state index contributed by atoms with van der Waals surface area (Å²) in [7, 11) is 0. The normalized spacial score (nSPS) is 17.6. The quantitative estimate of drug-likeness (QED) is 0.752. The molecule has 0 amide bonds. The predicted molar refractivity (Wildman–Crippen MR) is 53.2 cm³/mol. The molecule has 0 aliphatic heterocycles. The van der Waals surface area contributed by atoms with E-state index in [0.29, 0.717) is 0 Å². The van der Waals surface area contributed by atoms with Crippen LogP contribution in [0.1, 0.15) is 42.5 Å². The van der Waals surface area contributed by atoms with Crippen molar-refractivity contribution in [3.05, 3.63) is 11.8 Å². The van der Waals surface area contributed by atoms with Gasteiger partial charge in [-0.25, -0.2) is 4.79 Å². The van der Waals surface area contributed by atoms with Crippen LogP contribution in [-0.2, 0) is 4.74 Å². The van der Waals surface area contributed by atoms with Gasteiger partial charge in [0.15, 0.2) is 0 Å². The molecule has 1 aliphatic carbocycles. The fraction of sp³-hybridized carbons (Fsp3) is 0.600. The van der Waals surface area contributed by atoms with Gasteiger partial charge in [-0.3, -0.25) is 0 Å². The van der Waals surface area contributed by atoms with Crippen LogP contribution < -0.4 is 5.73 Å². The molecule has 0 saturated heterocycles. The molecular formula is C10H14N2O3. The topological polar surface area (TPSA) is 78.4 Å². The monoisotopic (exact) mass is 210 g/mol. The van der Waals surface area contributed by atoms with Gasteiger partial charge in [-0.2, -0.15) is 0 Å². The highest BCUT2D eigenvalue weighted by Gasteiger charge is 2.21. The molecule has 1 fully saturated rings. The number of anilines is 1. The van der Waals surface area contributed by atoms with Crippen LogP contribution >= 0.6 is 0 Å². The summed E-state index contributed by atoms with van der Waals surface area (Å²) >= 11 is 0. The number of aromatic nitrogens is 1. The molecule has 82 valence electrons. The number of esters is 1. The minimum Gasteiger partial charge on any atom is -0.459 e. The van der Waals surface area contributed by atoms with Crippen LogP contribution in [0.4, 0.5) is 5.88 Å². The van der Waals surface area contributed by atoms with Gasteiger partial charge in [-0.1, -0.05) is 11.6 Å². The molecule has 2 N–H and O–H groups in total. The van der Waals surface area contributed by atoms with Crippen LogP contribution in [0.25, 0.3) is 0 Å². The molecule has 1 aromatic heterocycles. The second-order valence-corrected chi connectivity index (χ2v) is 3.77. The van der Waals surface area contributed by atoms with Crippen molar-refractivity contribution in [2.45, 2.75) is 38.2 Å². The Morgan fingerprint density at radius 1 is 1.47 bits per heavy atom. The van der Waals surface area contributed by atoms with E-state index in [9.17, 15) is 4.79 Å². The molecule has 1 aromatic rings. The van der Waals surface area contributed by atoms with Gasteiger partial charge in [0.2, 0.25) is 5.88 Å². The van der Waals surface area contributed by atoms with E-state index in [1.165, 1.54) is 12.6 Å². The van der Waals surface area contributed by atoms with Gasteiger partial charge < -0.3 is 15.0 Å². The number of nitrogens with two attached hydrogens (primary N) is 1. The molecule has 0 spiro atoms. The fourth-order valence-corrected chi connectivity index (χ4v) is 1.80. The molecule has 0 bridgehead atoms. The van der Waals surface area contributed by atoms with Crippen molar-refractivity contribution < 1.29 is 14.1 Å². The molecule has 0 radical (unpaired) electrons. The van der Waals surface area contributed by atoms with E-state index in [4.69, 9.17) is 10.5 Å². The van der Waals surface area contributed by atoms with Crippen molar-refractivity contribution in [1.29, 1.82) is 0 Å². The fourth-order valence-electron chi connectivity index (χ4n) is 1.80. The minimum absolute atomic E-state index is 0.0239. The van der Waals surface area contributed by atoms with Crippen LogP contribution in [-0.4, -0.2) is 17.2 Å². The number of carbonyl (C=O) groups is 1. The predicted octanol–water partition coefficient (Wildman–Crippen LogP) is 1.75. The average Bonchev–Trinajstić information content (AvgIpc) is 2.66. The van der Waals surface area contributed by atoms with E-state index >= 15 is 0 Å². The van der Waals surface area contributed by atoms with Crippen molar-refractivity contribution in [2.24, 2.45) is 0 Å². The Balaban J connectivity index is 1.94. The molecule has 0 unspecified atom stereocenters. The number of nitrogen functional groups attached to an aromatic ring is 1. The number of hydrogen-bond acceptors (Lipinski definition) is 5. The maximum atomic E-state index is 11.6. The number of carbonyl (C=O) groups excluding carboxylic acids is 1. The van der Waals surface area contributed by atoms with E-state index in [1.807, 2.05) is 0 Å². The molecule has 1 saturated carbocycles. The Labute approximate surface area is 87.6 Å². The Kier molecular flexibility index (Phi) is 2.89. The molecule has 1 aliphatic rings. The van der Waals surface area contributed by atoms with Crippen molar-refractivity contribution >= 4 is 11.9 Å². The van der Waals surface area contributed by atoms with Gasteiger partial charge in [0.25, 0.3) is 0 Å². The maximum absolute atomic E-state index is 11.6. The van der Waals surface area contributed by atoms with Crippen molar-refractivity contribution in [3.8, 4) is 0 Å². The van der Waals surface area contributed by atoms with Crippen LogP contribution in [0.3, 0.4) is 0 Å². The smallest absolute Gasteiger partial charge is 0.345 e. The van der Waals surface area contributed by atoms with Gasteiger partial charge in [0, 0.05) is 0 Å². The van der Waals surface area contributed by atoms with Crippen molar-refractivity contribution in [3.63, 3.8) is 0 Å². The average molecular weight is 210 g/mol. The van der Waals surface area contributed by atoms with E-state index in [2.05, 4.69) is 9.68 Å². The van der Waals surface area contributed by atoms with Gasteiger partial charge >= 0.3 is 5.97 Å². The summed E-state index contributed by atoms with van der Waals surface area (Å²) in [6, 6.07) is 0. The van der Waals surface area contributed by atoms with Crippen LogP contribution in [0.5, 0.6) is 0 Å². The lowest BCUT2D eigenvalue weighted by atomic mass is 9.98. The highest BCUT2D eigenvalue weighted by atomic mass is 16.5. The van der Waals surface area contributed by atoms with E-state index in [0.717, 1.165) is 25.7 Å². The third-order valence-corrected chi connectivity index (χ3v) is 2.64. The minimum atomic E-state index is -0.430. The third kappa shape index (κ3) is 2.29. The van der Waals surface area contributed by atoms with Gasteiger partial charge in [-0.05, 0) is 25.7 Å². The lowest BCUT2D eigenvalue weighted by molar-refractivity contribution is 0.0212. The first-order valence-electron chi connectivity index (χ1n) is 5.18. The van der Waals surface area contributed by atoms with E-state index < -0.39 is 5.97 Å². The molecule has 1 heterocycles. The Morgan fingerprint density at radius 3 is 2.80 bits per heavy atom. The lowest BCUT2D eigenvalue weighted by Crippen LogP contribution is -2.21. The molecule has 0 atom stereocenters. The first kappa shape index (κ1) is 10.0. The molecule has 15 heavy (non-hydrogen) atoms. The highest BCUT2D eigenvalue weighted by Crippen LogP contribution is 2.22. The maximum Gasteiger partial charge on any atom is 0.345 e. The standard InChI is InChI=1S/C10H14N2O3/c11-9-8(6-12-15-9)10(13)14-7-4-2-1-3-5-7/h6-7H,1-5,11H2. The van der Waals surface area contributed by atoms with Crippen LogP contribution in [0, 0.1) is 0 Å².